The van der Waals surface area contributed by atoms with Gasteiger partial charge in [-0.1, -0.05) is 6.07 Å². The van der Waals surface area contributed by atoms with Gasteiger partial charge >= 0.3 is 5.97 Å². The number of nitrogens with zero attached hydrogens (tertiary/aromatic N) is 3. The molecule has 0 bridgehead atoms. The van der Waals surface area contributed by atoms with Gasteiger partial charge in [0.2, 0.25) is 0 Å². The summed E-state index contributed by atoms with van der Waals surface area (Å²) in [5.74, 6) is -0.723. The zero-order chi connectivity index (χ0) is 20.5. The Hall–Kier alpha value is -2.64. The van der Waals surface area contributed by atoms with Crippen LogP contribution >= 0.6 is 0 Å². The highest BCUT2D eigenvalue weighted by Gasteiger charge is 2.22. The standard InChI is InChI=1S/C22H29N5O2/c1-14(10-21(28)29)27-8-6-26(7-9-27)13-17-4-5-19-18(11-17)12-20(23-19)22-15(2)16(3)24-25-22/h4-5,11-12,14,23H,6-10,13H2,1-3H3,(H,24,25)(H,28,29). The Balaban J connectivity index is 1.42. The topological polar surface area (TPSA) is 88.2 Å². The summed E-state index contributed by atoms with van der Waals surface area (Å²) >= 11 is 0. The first-order valence-electron chi connectivity index (χ1n) is 10.2. The molecule has 3 heterocycles. The molecule has 7 heteroatoms. The molecule has 3 N–H and O–H groups in total. The van der Waals surface area contributed by atoms with Gasteiger partial charge in [-0.05, 0) is 50.1 Å². The van der Waals surface area contributed by atoms with Crippen LogP contribution in [-0.2, 0) is 11.3 Å². The van der Waals surface area contributed by atoms with Crippen LogP contribution in [-0.4, -0.2) is 68.3 Å². The molecule has 1 aliphatic rings. The molecule has 1 aliphatic heterocycles. The van der Waals surface area contributed by atoms with E-state index in [0.29, 0.717) is 0 Å². The van der Waals surface area contributed by atoms with Crippen LogP contribution in [0, 0.1) is 13.8 Å². The van der Waals surface area contributed by atoms with Crippen LogP contribution in [0.3, 0.4) is 0 Å². The number of hydrogen-bond donors (Lipinski definition) is 3. The number of aromatic nitrogens is 3. The number of carbonyl (C=O) groups is 1. The van der Waals surface area contributed by atoms with E-state index in [9.17, 15) is 4.79 Å². The molecule has 1 fully saturated rings. The highest BCUT2D eigenvalue weighted by Crippen LogP contribution is 2.27. The average Bonchev–Trinajstić information content (AvgIpc) is 3.24. The van der Waals surface area contributed by atoms with Crippen molar-refractivity contribution in [3.8, 4) is 11.4 Å². The van der Waals surface area contributed by atoms with Crippen LogP contribution in [0.5, 0.6) is 0 Å². The summed E-state index contributed by atoms with van der Waals surface area (Å²) < 4.78 is 0. The van der Waals surface area contributed by atoms with Crippen molar-refractivity contribution in [2.75, 3.05) is 26.2 Å². The molecule has 0 spiro atoms. The van der Waals surface area contributed by atoms with E-state index in [1.165, 1.54) is 16.5 Å². The average molecular weight is 396 g/mol. The molecule has 0 radical (unpaired) electrons. The molecule has 29 heavy (non-hydrogen) atoms. The smallest absolute Gasteiger partial charge is 0.304 e. The first-order chi connectivity index (χ1) is 13.9. The normalized spacial score (nSPS) is 17.1. The van der Waals surface area contributed by atoms with Crippen molar-refractivity contribution < 1.29 is 9.90 Å². The Morgan fingerprint density at radius 3 is 2.62 bits per heavy atom. The third-order valence-corrected chi connectivity index (χ3v) is 6.10. The summed E-state index contributed by atoms with van der Waals surface area (Å²) in [6, 6.07) is 8.86. The van der Waals surface area contributed by atoms with Crippen LogP contribution in [0.4, 0.5) is 0 Å². The van der Waals surface area contributed by atoms with Crippen molar-refractivity contribution in [1.29, 1.82) is 0 Å². The number of piperazine rings is 1. The van der Waals surface area contributed by atoms with E-state index in [1.54, 1.807) is 0 Å². The Morgan fingerprint density at radius 2 is 1.97 bits per heavy atom. The third kappa shape index (κ3) is 4.21. The number of nitrogens with one attached hydrogen (secondary N) is 2. The number of aromatic amines is 2. The fourth-order valence-corrected chi connectivity index (χ4v) is 4.16. The van der Waals surface area contributed by atoms with Crippen molar-refractivity contribution in [3.05, 3.63) is 41.1 Å². The van der Waals surface area contributed by atoms with E-state index >= 15 is 0 Å². The minimum absolute atomic E-state index is 0.0958. The SMILES string of the molecule is Cc1[nH]nc(-c2cc3cc(CN4CCN(C(C)CC(=O)O)CC4)ccc3[nH]2)c1C. The van der Waals surface area contributed by atoms with Crippen LogP contribution < -0.4 is 0 Å². The second-order valence-corrected chi connectivity index (χ2v) is 8.19. The molecule has 1 unspecified atom stereocenters. The third-order valence-electron chi connectivity index (χ3n) is 6.10. The lowest BCUT2D eigenvalue weighted by Gasteiger charge is -2.37. The minimum Gasteiger partial charge on any atom is -0.481 e. The van der Waals surface area contributed by atoms with Crippen LogP contribution in [0.25, 0.3) is 22.3 Å². The summed E-state index contributed by atoms with van der Waals surface area (Å²) in [5, 5.41) is 17.7. The molecule has 1 aromatic carbocycles. The van der Waals surface area contributed by atoms with Gasteiger partial charge in [-0.25, -0.2) is 0 Å². The van der Waals surface area contributed by atoms with Crippen molar-refractivity contribution >= 4 is 16.9 Å². The Morgan fingerprint density at radius 1 is 1.21 bits per heavy atom. The zero-order valence-electron chi connectivity index (χ0n) is 17.3. The second kappa shape index (κ2) is 8.00. The van der Waals surface area contributed by atoms with E-state index < -0.39 is 5.97 Å². The van der Waals surface area contributed by atoms with Crippen LogP contribution in [0.2, 0.25) is 0 Å². The number of carboxylic acid groups (broad SMARTS) is 1. The number of hydrogen-bond acceptors (Lipinski definition) is 4. The maximum Gasteiger partial charge on any atom is 0.304 e. The van der Waals surface area contributed by atoms with E-state index in [0.717, 1.165) is 55.3 Å². The van der Waals surface area contributed by atoms with Crippen molar-refractivity contribution in [2.45, 2.75) is 39.8 Å². The fourth-order valence-electron chi connectivity index (χ4n) is 4.16. The summed E-state index contributed by atoms with van der Waals surface area (Å²) in [6.45, 7) is 10.8. The van der Waals surface area contributed by atoms with Crippen LogP contribution in [0.15, 0.2) is 24.3 Å². The lowest BCUT2D eigenvalue weighted by Crippen LogP contribution is -2.49. The number of H-pyrrole nitrogens is 2. The van der Waals surface area contributed by atoms with E-state index in [-0.39, 0.29) is 12.5 Å². The molecule has 1 saturated heterocycles. The highest BCUT2D eigenvalue weighted by molar-refractivity contribution is 5.86. The summed E-state index contributed by atoms with van der Waals surface area (Å²) in [5.41, 5.74) is 6.70. The maximum atomic E-state index is 10.9. The first kappa shape index (κ1) is 19.7. The molecule has 0 aliphatic carbocycles. The molecule has 1 atom stereocenters. The molecule has 0 amide bonds. The molecule has 154 valence electrons. The number of carboxylic acids is 1. The highest BCUT2D eigenvalue weighted by atomic mass is 16.4. The molecule has 2 aromatic heterocycles. The predicted molar refractivity (Wildman–Crippen MR) is 114 cm³/mol. The fraction of sp³-hybridized carbons (Fsp3) is 0.455. The summed E-state index contributed by atoms with van der Waals surface area (Å²) in [7, 11) is 0. The lowest BCUT2D eigenvalue weighted by molar-refractivity contribution is -0.138. The number of aryl methyl sites for hydroxylation is 1. The molecular weight excluding hydrogens is 366 g/mol. The van der Waals surface area contributed by atoms with Crippen molar-refractivity contribution in [2.24, 2.45) is 0 Å². The predicted octanol–water partition coefficient (Wildman–Crippen LogP) is 3.16. The Labute approximate surface area is 170 Å². The van der Waals surface area contributed by atoms with E-state index in [4.69, 9.17) is 5.11 Å². The number of fused-ring (bicyclic) bond motifs is 1. The Kier molecular flexibility index (Phi) is 5.43. The van der Waals surface area contributed by atoms with Gasteiger partial charge in [0.25, 0.3) is 0 Å². The second-order valence-electron chi connectivity index (χ2n) is 8.19. The van der Waals surface area contributed by atoms with Crippen molar-refractivity contribution in [3.63, 3.8) is 0 Å². The van der Waals surface area contributed by atoms with Gasteiger partial charge in [0.15, 0.2) is 0 Å². The monoisotopic (exact) mass is 395 g/mol. The van der Waals surface area contributed by atoms with Crippen molar-refractivity contribution in [1.82, 2.24) is 25.0 Å². The van der Waals surface area contributed by atoms with Gasteiger partial charge in [-0.3, -0.25) is 19.7 Å². The quantitative estimate of drug-likeness (QED) is 0.597. The lowest BCUT2D eigenvalue weighted by atomic mass is 10.1. The van der Waals surface area contributed by atoms with Gasteiger partial charge in [-0.2, -0.15) is 5.10 Å². The number of benzene rings is 1. The molecule has 7 nitrogen and oxygen atoms in total. The largest absolute Gasteiger partial charge is 0.481 e. The molecule has 0 saturated carbocycles. The molecular formula is C22H29N5O2. The van der Waals surface area contributed by atoms with Gasteiger partial charge < -0.3 is 10.1 Å². The minimum atomic E-state index is -0.723. The molecule has 4 rings (SSSR count). The summed E-state index contributed by atoms with van der Waals surface area (Å²) in [6.07, 6.45) is 0.210. The zero-order valence-corrected chi connectivity index (χ0v) is 17.3. The van der Waals surface area contributed by atoms with Gasteiger partial charge in [-0.15, -0.1) is 0 Å². The van der Waals surface area contributed by atoms with Gasteiger partial charge in [0, 0.05) is 55.4 Å². The number of rotatable bonds is 6. The van der Waals surface area contributed by atoms with Gasteiger partial charge in [0.1, 0.15) is 5.69 Å². The van der Waals surface area contributed by atoms with Gasteiger partial charge in [0.05, 0.1) is 12.1 Å². The van der Waals surface area contributed by atoms with Crippen LogP contribution in [0.1, 0.15) is 30.2 Å². The number of aliphatic carboxylic acids is 1. The maximum absolute atomic E-state index is 10.9. The Bertz CT molecular complexity index is 1010. The molecule has 3 aromatic rings. The first-order valence-corrected chi connectivity index (χ1v) is 10.2. The van der Waals surface area contributed by atoms with E-state index in [1.807, 2.05) is 13.8 Å². The summed E-state index contributed by atoms with van der Waals surface area (Å²) in [4.78, 5) is 19.1. The van der Waals surface area contributed by atoms with E-state index in [2.05, 4.69) is 56.2 Å².